The maximum absolute atomic E-state index is 12.1. The highest BCUT2D eigenvalue weighted by Crippen LogP contribution is 2.09. The van der Waals surface area contributed by atoms with Gasteiger partial charge in [0.25, 0.3) is 5.91 Å². The molecule has 2 aromatic rings. The molecule has 0 aliphatic rings. The average molecular weight is 379 g/mol. The molecule has 0 aliphatic heterocycles. The second-order valence-electron chi connectivity index (χ2n) is 4.91. The number of benzene rings is 2. The molecule has 20 heavy (non-hydrogen) atoms. The molecule has 2 aromatic carbocycles. The van der Waals surface area contributed by atoms with E-state index in [1.54, 1.807) is 0 Å². The van der Waals surface area contributed by atoms with E-state index in [4.69, 9.17) is 0 Å². The summed E-state index contributed by atoms with van der Waals surface area (Å²) in [4.78, 5) is 12.1. The van der Waals surface area contributed by atoms with Crippen LogP contribution in [0.15, 0.2) is 54.6 Å². The maximum atomic E-state index is 12.1. The number of nitrogens with one attached hydrogen (secondary N) is 1. The van der Waals surface area contributed by atoms with Crippen molar-refractivity contribution in [3.05, 3.63) is 69.3 Å². The molecule has 0 bridgehead atoms. The summed E-state index contributed by atoms with van der Waals surface area (Å²) in [6.45, 7) is 2.05. The Labute approximate surface area is 133 Å². The molecule has 0 aliphatic carbocycles. The van der Waals surface area contributed by atoms with Gasteiger partial charge in [-0.2, -0.15) is 0 Å². The van der Waals surface area contributed by atoms with Gasteiger partial charge in [-0.05, 0) is 66.1 Å². The van der Waals surface area contributed by atoms with Gasteiger partial charge in [0, 0.05) is 15.2 Å². The fourth-order valence-corrected chi connectivity index (χ4v) is 2.58. The first-order valence-electron chi connectivity index (χ1n) is 6.75. The van der Waals surface area contributed by atoms with Crippen molar-refractivity contribution in [3.63, 3.8) is 0 Å². The standard InChI is InChI=1S/C17H18INO/c1-13(10-11-14-6-3-2-4-7-14)19-17(20)15-8-5-9-16(18)12-15/h2-9,12-13H,10-11H2,1H3,(H,19,20)/t13-/m0/s1. The van der Waals surface area contributed by atoms with Gasteiger partial charge in [-0.1, -0.05) is 36.4 Å². The third kappa shape index (κ3) is 4.63. The highest BCUT2D eigenvalue weighted by Gasteiger charge is 2.09. The lowest BCUT2D eigenvalue weighted by molar-refractivity contribution is 0.0938. The van der Waals surface area contributed by atoms with Crippen LogP contribution in [0.2, 0.25) is 0 Å². The van der Waals surface area contributed by atoms with Crippen molar-refractivity contribution < 1.29 is 4.79 Å². The van der Waals surface area contributed by atoms with Crippen molar-refractivity contribution in [1.29, 1.82) is 0 Å². The first-order valence-corrected chi connectivity index (χ1v) is 7.83. The van der Waals surface area contributed by atoms with E-state index in [-0.39, 0.29) is 11.9 Å². The van der Waals surface area contributed by atoms with Gasteiger partial charge in [0.15, 0.2) is 0 Å². The molecule has 0 aromatic heterocycles. The number of hydrogen-bond donors (Lipinski definition) is 1. The Morgan fingerprint density at radius 1 is 1.15 bits per heavy atom. The third-order valence-electron chi connectivity index (χ3n) is 3.17. The second-order valence-corrected chi connectivity index (χ2v) is 6.15. The zero-order valence-electron chi connectivity index (χ0n) is 11.5. The summed E-state index contributed by atoms with van der Waals surface area (Å²) in [5.41, 5.74) is 2.03. The Morgan fingerprint density at radius 2 is 1.90 bits per heavy atom. The molecule has 2 rings (SSSR count). The van der Waals surface area contributed by atoms with Crippen LogP contribution >= 0.6 is 22.6 Å². The van der Waals surface area contributed by atoms with Crippen LogP contribution in [0.1, 0.15) is 29.3 Å². The molecule has 0 fully saturated rings. The highest BCUT2D eigenvalue weighted by molar-refractivity contribution is 14.1. The van der Waals surface area contributed by atoms with Crippen LogP contribution in [0.25, 0.3) is 0 Å². The third-order valence-corrected chi connectivity index (χ3v) is 3.84. The fraction of sp³-hybridized carbons (Fsp3) is 0.235. The van der Waals surface area contributed by atoms with E-state index in [1.165, 1.54) is 5.56 Å². The molecule has 0 saturated carbocycles. The molecule has 0 spiro atoms. The minimum atomic E-state index is 0.00378. The molecule has 104 valence electrons. The molecule has 3 heteroatoms. The minimum absolute atomic E-state index is 0.00378. The number of aryl methyl sites for hydroxylation is 1. The van der Waals surface area contributed by atoms with E-state index in [2.05, 4.69) is 47.0 Å². The lowest BCUT2D eigenvalue weighted by atomic mass is 10.1. The number of rotatable bonds is 5. The van der Waals surface area contributed by atoms with Crippen LogP contribution < -0.4 is 5.32 Å². The first kappa shape index (κ1) is 15.0. The average Bonchev–Trinajstić information content (AvgIpc) is 2.46. The lowest BCUT2D eigenvalue weighted by Crippen LogP contribution is -2.32. The van der Waals surface area contributed by atoms with Crippen LogP contribution in [0.5, 0.6) is 0 Å². The largest absolute Gasteiger partial charge is 0.350 e. The van der Waals surface area contributed by atoms with Gasteiger partial charge in [-0.15, -0.1) is 0 Å². The van der Waals surface area contributed by atoms with Gasteiger partial charge in [-0.25, -0.2) is 0 Å². The Hall–Kier alpha value is -1.36. The van der Waals surface area contributed by atoms with Crippen LogP contribution in [0.3, 0.4) is 0 Å². The Bertz CT molecular complexity index is 568. The highest BCUT2D eigenvalue weighted by atomic mass is 127. The van der Waals surface area contributed by atoms with Gasteiger partial charge >= 0.3 is 0 Å². The van der Waals surface area contributed by atoms with Gasteiger partial charge in [-0.3, -0.25) is 4.79 Å². The van der Waals surface area contributed by atoms with E-state index in [9.17, 15) is 4.79 Å². The zero-order chi connectivity index (χ0) is 14.4. The quantitative estimate of drug-likeness (QED) is 0.781. The van der Waals surface area contributed by atoms with E-state index in [0.717, 1.165) is 22.0 Å². The summed E-state index contributed by atoms with van der Waals surface area (Å²) in [5.74, 6) is 0.00378. The van der Waals surface area contributed by atoms with Gasteiger partial charge in [0.05, 0.1) is 0 Å². The SMILES string of the molecule is C[C@@H](CCc1ccccc1)NC(=O)c1cccc(I)c1. The monoisotopic (exact) mass is 379 g/mol. The Kier molecular flexibility index (Phi) is 5.59. The molecule has 0 radical (unpaired) electrons. The summed E-state index contributed by atoms with van der Waals surface area (Å²) >= 11 is 2.22. The molecule has 0 heterocycles. The molecular formula is C17H18INO. The number of hydrogen-bond acceptors (Lipinski definition) is 1. The van der Waals surface area contributed by atoms with E-state index >= 15 is 0 Å². The van der Waals surface area contributed by atoms with E-state index in [1.807, 2.05) is 42.5 Å². The van der Waals surface area contributed by atoms with Crippen LogP contribution in [-0.2, 0) is 6.42 Å². The molecule has 1 atom stereocenters. The minimum Gasteiger partial charge on any atom is -0.350 e. The Balaban J connectivity index is 1.85. The van der Waals surface area contributed by atoms with Gasteiger partial charge in [0.1, 0.15) is 0 Å². The fourth-order valence-electron chi connectivity index (χ4n) is 2.04. The van der Waals surface area contributed by atoms with Crippen molar-refractivity contribution in [2.75, 3.05) is 0 Å². The number of halogens is 1. The topological polar surface area (TPSA) is 29.1 Å². The number of carbonyl (C=O) groups is 1. The summed E-state index contributed by atoms with van der Waals surface area (Å²) in [7, 11) is 0. The lowest BCUT2D eigenvalue weighted by Gasteiger charge is -2.14. The number of amides is 1. The maximum Gasteiger partial charge on any atom is 0.251 e. The van der Waals surface area contributed by atoms with Crippen molar-refractivity contribution in [3.8, 4) is 0 Å². The summed E-state index contributed by atoms with van der Waals surface area (Å²) in [6.07, 6.45) is 1.92. The summed E-state index contributed by atoms with van der Waals surface area (Å²) < 4.78 is 1.08. The second kappa shape index (κ2) is 7.43. The van der Waals surface area contributed by atoms with E-state index in [0.29, 0.717) is 0 Å². The zero-order valence-corrected chi connectivity index (χ0v) is 13.6. The summed E-state index contributed by atoms with van der Waals surface area (Å²) in [5, 5.41) is 3.05. The smallest absolute Gasteiger partial charge is 0.251 e. The van der Waals surface area contributed by atoms with Gasteiger partial charge in [0.2, 0.25) is 0 Å². The predicted octanol–water partition coefficient (Wildman–Crippen LogP) is 4.04. The van der Waals surface area contributed by atoms with Gasteiger partial charge < -0.3 is 5.32 Å². The van der Waals surface area contributed by atoms with Crippen molar-refractivity contribution in [1.82, 2.24) is 5.32 Å². The van der Waals surface area contributed by atoms with Crippen molar-refractivity contribution >= 4 is 28.5 Å². The van der Waals surface area contributed by atoms with Crippen LogP contribution in [0, 0.1) is 3.57 Å². The molecular weight excluding hydrogens is 361 g/mol. The number of carbonyl (C=O) groups excluding carboxylic acids is 1. The molecule has 0 saturated heterocycles. The van der Waals surface area contributed by atoms with Crippen LogP contribution in [0.4, 0.5) is 0 Å². The predicted molar refractivity (Wildman–Crippen MR) is 90.9 cm³/mol. The molecule has 0 unspecified atom stereocenters. The van der Waals surface area contributed by atoms with Crippen molar-refractivity contribution in [2.24, 2.45) is 0 Å². The van der Waals surface area contributed by atoms with Crippen molar-refractivity contribution in [2.45, 2.75) is 25.8 Å². The first-order chi connectivity index (χ1) is 9.65. The normalized spacial score (nSPS) is 11.9. The van der Waals surface area contributed by atoms with Crippen LogP contribution in [-0.4, -0.2) is 11.9 Å². The van der Waals surface area contributed by atoms with E-state index < -0.39 is 0 Å². The molecule has 1 amide bonds. The molecule has 2 nitrogen and oxygen atoms in total. The summed E-state index contributed by atoms with van der Waals surface area (Å²) in [6, 6.07) is 18.2. The molecule has 1 N–H and O–H groups in total. The Morgan fingerprint density at radius 3 is 2.60 bits per heavy atom.